The van der Waals surface area contributed by atoms with Gasteiger partial charge in [-0.1, -0.05) is 12.1 Å². The van der Waals surface area contributed by atoms with E-state index in [2.05, 4.69) is 4.72 Å². The standard InChI is InChI=1S/C22H23N3O5S2/c1-29-15-9-10-16(19(13-15)30-2)22(24)17-12-14(8-11-18(17)23)25-31(26)20-6-4-5-7-21(20)32(3,27)28/h4-13,24-25H,23H2,1-3H3. The topological polar surface area (TPSA) is 132 Å². The van der Waals surface area contributed by atoms with Crippen LogP contribution in [0.15, 0.2) is 70.5 Å². The van der Waals surface area contributed by atoms with Gasteiger partial charge in [0.05, 0.1) is 29.7 Å². The molecule has 3 aromatic rings. The summed E-state index contributed by atoms with van der Waals surface area (Å²) in [5.41, 5.74) is 7.87. The number of nitrogens with two attached hydrogens (primary N) is 1. The Hall–Kier alpha value is -3.37. The van der Waals surface area contributed by atoms with Crippen molar-refractivity contribution in [2.75, 3.05) is 30.9 Å². The molecule has 8 nitrogen and oxygen atoms in total. The van der Waals surface area contributed by atoms with Crippen LogP contribution in [0.5, 0.6) is 11.5 Å². The largest absolute Gasteiger partial charge is 0.497 e. The summed E-state index contributed by atoms with van der Waals surface area (Å²) in [5.74, 6) is 1.03. The maximum Gasteiger partial charge on any atom is 0.176 e. The van der Waals surface area contributed by atoms with Crippen LogP contribution in [0.4, 0.5) is 11.4 Å². The molecule has 0 saturated heterocycles. The number of anilines is 2. The van der Waals surface area contributed by atoms with Crippen LogP contribution >= 0.6 is 0 Å². The first-order valence-electron chi connectivity index (χ1n) is 9.34. The molecule has 0 radical (unpaired) electrons. The Morgan fingerprint density at radius 1 is 1.00 bits per heavy atom. The van der Waals surface area contributed by atoms with E-state index in [0.29, 0.717) is 34.0 Å². The van der Waals surface area contributed by atoms with Gasteiger partial charge in [-0.2, -0.15) is 0 Å². The van der Waals surface area contributed by atoms with E-state index in [1.165, 1.54) is 26.4 Å². The molecule has 0 amide bonds. The normalized spacial score (nSPS) is 12.1. The summed E-state index contributed by atoms with van der Waals surface area (Å²) >= 11 is 0. The van der Waals surface area contributed by atoms with Crippen LogP contribution in [0, 0.1) is 5.41 Å². The van der Waals surface area contributed by atoms with Gasteiger partial charge in [0.1, 0.15) is 11.5 Å². The second-order valence-corrected chi connectivity index (χ2v) is 10.00. The molecule has 10 heteroatoms. The predicted octanol–water partition coefficient (Wildman–Crippen LogP) is 3.24. The molecular formula is C22H23N3O5S2. The molecule has 3 rings (SSSR count). The maximum atomic E-state index is 12.9. The quantitative estimate of drug-likeness (QED) is 0.340. The van der Waals surface area contributed by atoms with Crippen molar-refractivity contribution in [3.05, 3.63) is 71.8 Å². The van der Waals surface area contributed by atoms with Gasteiger partial charge in [-0.15, -0.1) is 0 Å². The average molecular weight is 474 g/mol. The van der Waals surface area contributed by atoms with Gasteiger partial charge in [0.2, 0.25) is 0 Å². The number of hydrogen-bond donors (Lipinski definition) is 3. The number of ether oxygens (including phenoxy) is 2. The van der Waals surface area contributed by atoms with Crippen molar-refractivity contribution in [1.82, 2.24) is 0 Å². The van der Waals surface area contributed by atoms with Gasteiger partial charge < -0.3 is 19.9 Å². The van der Waals surface area contributed by atoms with Gasteiger partial charge in [0.25, 0.3) is 0 Å². The first-order valence-corrected chi connectivity index (χ1v) is 12.4. The van der Waals surface area contributed by atoms with E-state index in [9.17, 15) is 12.6 Å². The fourth-order valence-corrected chi connectivity index (χ4v) is 5.40. The van der Waals surface area contributed by atoms with Crippen molar-refractivity contribution in [2.24, 2.45) is 0 Å². The fourth-order valence-electron chi connectivity index (χ4n) is 3.06. The van der Waals surface area contributed by atoms with Crippen molar-refractivity contribution >= 4 is 37.9 Å². The van der Waals surface area contributed by atoms with Crippen LogP contribution in [0.1, 0.15) is 11.1 Å². The summed E-state index contributed by atoms with van der Waals surface area (Å²) in [7, 11) is -2.39. The summed E-state index contributed by atoms with van der Waals surface area (Å²) < 4.78 is 50.4. The minimum Gasteiger partial charge on any atom is -0.497 e. The van der Waals surface area contributed by atoms with Crippen molar-refractivity contribution < 1.29 is 22.1 Å². The van der Waals surface area contributed by atoms with E-state index in [1.807, 2.05) is 0 Å². The Balaban J connectivity index is 1.96. The second kappa shape index (κ2) is 9.41. The van der Waals surface area contributed by atoms with Crippen molar-refractivity contribution in [3.8, 4) is 11.5 Å². The molecule has 0 aromatic heterocycles. The molecule has 32 heavy (non-hydrogen) atoms. The minimum atomic E-state index is -3.56. The fraction of sp³-hybridized carbons (Fsp3) is 0.136. The molecule has 0 saturated carbocycles. The third kappa shape index (κ3) is 4.92. The van der Waals surface area contributed by atoms with E-state index in [4.69, 9.17) is 20.6 Å². The van der Waals surface area contributed by atoms with Crippen molar-refractivity contribution in [3.63, 3.8) is 0 Å². The predicted molar refractivity (Wildman–Crippen MR) is 126 cm³/mol. The molecule has 3 aromatic carbocycles. The van der Waals surface area contributed by atoms with Crippen LogP contribution in [-0.2, 0) is 20.8 Å². The molecule has 1 atom stereocenters. The Morgan fingerprint density at radius 2 is 1.72 bits per heavy atom. The zero-order valence-electron chi connectivity index (χ0n) is 17.7. The lowest BCUT2D eigenvalue weighted by atomic mass is 9.99. The highest BCUT2D eigenvalue weighted by Crippen LogP contribution is 2.30. The Morgan fingerprint density at radius 3 is 2.38 bits per heavy atom. The van der Waals surface area contributed by atoms with E-state index in [1.54, 1.807) is 48.5 Å². The van der Waals surface area contributed by atoms with Gasteiger partial charge in [0, 0.05) is 34.8 Å². The number of rotatable bonds is 8. The van der Waals surface area contributed by atoms with Crippen LogP contribution < -0.4 is 19.9 Å². The van der Waals surface area contributed by atoms with Gasteiger partial charge in [-0.05, 0) is 42.5 Å². The zero-order chi connectivity index (χ0) is 23.5. The molecule has 1 unspecified atom stereocenters. The van der Waals surface area contributed by atoms with Gasteiger partial charge in [-0.25, -0.2) is 12.6 Å². The lowest BCUT2D eigenvalue weighted by Gasteiger charge is -2.15. The van der Waals surface area contributed by atoms with Crippen LogP contribution in [0.3, 0.4) is 0 Å². The molecule has 0 aliphatic carbocycles. The Bertz CT molecular complexity index is 1310. The van der Waals surface area contributed by atoms with E-state index < -0.39 is 20.8 Å². The molecule has 168 valence electrons. The molecule has 0 aliphatic heterocycles. The average Bonchev–Trinajstić information content (AvgIpc) is 2.78. The first kappa shape index (κ1) is 23.3. The van der Waals surface area contributed by atoms with Gasteiger partial charge in [0.15, 0.2) is 20.8 Å². The molecule has 0 fully saturated rings. The third-order valence-corrected chi connectivity index (χ3v) is 7.12. The summed E-state index contributed by atoms with van der Waals surface area (Å²) in [6.45, 7) is 0. The SMILES string of the molecule is COc1ccc(C(=N)c2cc(NS(=O)c3ccccc3S(C)(=O)=O)ccc2N)c(OC)c1. The number of sulfone groups is 1. The van der Waals surface area contributed by atoms with Crippen molar-refractivity contribution in [1.29, 1.82) is 5.41 Å². The molecular weight excluding hydrogens is 450 g/mol. The maximum absolute atomic E-state index is 12.9. The highest BCUT2D eigenvalue weighted by Gasteiger charge is 2.19. The molecule has 0 bridgehead atoms. The van der Waals surface area contributed by atoms with E-state index in [0.717, 1.165) is 6.26 Å². The Labute approximate surface area is 189 Å². The summed E-state index contributed by atoms with van der Waals surface area (Å²) in [6, 6.07) is 15.9. The third-order valence-electron chi connectivity index (χ3n) is 4.66. The summed E-state index contributed by atoms with van der Waals surface area (Å²) in [6.07, 6.45) is 1.06. The zero-order valence-corrected chi connectivity index (χ0v) is 19.3. The molecule has 0 heterocycles. The Kier molecular flexibility index (Phi) is 6.85. The van der Waals surface area contributed by atoms with E-state index >= 15 is 0 Å². The van der Waals surface area contributed by atoms with E-state index in [-0.39, 0.29) is 15.5 Å². The minimum absolute atomic E-state index is 0.0165. The summed E-state index contributed by atoms with van der Waals surface area (Å²) in [5, 5.41) is 8.66. The second-order valence-electron chi connectivity index (χ2n) is 6.83. The number of nitrogen functional groups attached to an aromatic ring is 1. The number of benzene rings is 3. The van der Waals surface area contributed by atoms with Gasteiger partial charge in [-0.3, -0.25) is 5.41 Å². The highest BCUT2D eigenvalue weighted by atomic mass is 32.2. The van der Waals surface area contributed by atoms with Crippen LogP contribution in [0.25, 0.3) is 0 Å². The molecule has 0 spiro atoms. The monoisotopic (exact) mass is 473 g/mol. The number of hydrogen-bond acceptors (Lipinski definition) is 7. The van der Waals surface area contributed by atoms with Gasteiger partial charge >= 0.3 is 0 Å². The van der Waals surface area contributed by atoms with Crippen LogP contribution in [-0.4, -0.2) is 38.8 Å². The number of methoxy groups -OCH3 is 2. The molecule has 0 aliphatic rings. The summed E-state index contributed by atoms with van der Waals surface area (Å²) in [4.78, 5) is 0.123. The smallest absolute Gasteiger partial charge is 0.176 e. The lowest BCUT2D eigenvalue weighted by molar-refractivity contribution is 0.394. The first-order chi connectivity index (χ1) is 15.2. The van der Waals surface area contributed by atoms with Crippen LogP contribution in [0.2, 0.25) is 0 Å². The van der Waals surface area contributed by atoms with Crippen molar-refractivity contribution in [2.45, 2.75) is 9.79 Å². The molecule has 4 N–H and O–H groups in total. The number of nitrogens with one attached hydrogen (secondary N) is 2. The highest BCUT2D eigenvalue weighted by molar-refractivity contribution is 7.92. The lowest BCUT2D eigenvalue weighted by Crippen LogP contribution is -2.12.